The van der Waals surface area contributed by atoms with Crippen molar-refractivity contribution in [1.29, 1.82) is 0 Å². The van der Waals surface area contributed by atoms with Crippen LogP contribution in [0, 0.1) is 16.0 Å². The molecule has 0 saturated heterocycles. The van der Waals surface area contributed by atoms with E-state index in [2.05, 4.69) is 10.4 Å². The third kappa shape index (κ3) is 3.69. The fourth-order valence-corrected chi connectivity index (χ4v) is 2.21. The zero-order chi connectivity index (χ0) is 15.3. The van der Waals surface area contributed by atoms with Gasteiger partial charge >= 0.3 is 5.69 Å². The number of anilines is 1. The molecular formula is C13H24N4O3. The summed E-state index contributed by atoms with van der Waals surface area (Å²) in [4.78, 5) is 10.9. The summed E-state index contributed by atoms with van der Waals surface area (Å²) in [6, 6.07) is -0.0245. The lowest BCUT2D eigenvalue weighted by Crippen LogP contribution is -2.28. The first-order valence-corrected chi connectivity index (χ1v) is 7.00. The summed E-state index contributed by atoms with van der Waals surface area (Å²) in [6.07, 6.45) is 1.93. The normalized spacial score (nSPS) is 12.7. The largest absolute Gasteiger partial charge is 0.396 e. The van der Waals surface area contributed by atoms with E-state index in [0.29, 0.717) is 24.4 Å². The molecule has 20 heavy (non-hydrogen) atoms. The summed E-state index contributed by atoms with van der Waals surface area (Å²) in [5.74, 6) is 0.678. The minimum Gasteiger partial charge on any atom is -0.396 e. The topological polar surface area (TPSA) is 93.2 Å². The standard InChI is InChI=1S/C13H24N4O3/c1-5-6-11-12(17(19)20)13(16(4)15-11)14-10(7-8-18)9(2)3/h9-10,14,18H,5-8H2,1-4H3. The SMILES string of the molecule is CCCc1nn(C)c(NC(CCO)C(C)C)c1[N+](=O)[O-]. The molecule has 1 aromatic heterocycles. The summed E-state index contributed by atoms with van der Waals surface area (Å²) in [6.45, 7) is 6.04. The average Bonchev–Trinajstić information content (AvgIpc) is 2.65. The van der Waals surface area contributed by atoms with Crippen molar-refractivity contribution in [3.8, 4) is 0 Å². The molecule has 114 valence electrons. The minimum atomic E-state index is -0.378. The van der Waals surface area contributed by atoms with E-state index in [1.54, 1.807) is 7.05 Å². The highest BCUT2D eigenvalue weighted by atomic mass is 16.6. The molecule has 0 aliphatic heterocycles. The molecule has 0 saturated carbocycles. The van der Waals surface area contributed by atoms with Gasteiger partial charge in [0.2, 0.25) is 5.82 Å². The van der Waals surface area contributed by atoms with Crippen LogP contribution in [0.2, 0.25) is 0 Å². The third-order valence-corrected chi connectivity index (χ3v) is 3.33. The lowest BCUT2D eigenvalue weighted by Gasteiger charge is -2.22. The number of aromatic nitrogens is 2. The van der Waals surface area contributed by atoms with Gasteiger partial charge in [0.05, 0.1) is 4.92 Å². The van der Waals surface area contributed by atoms with Crippen molar-refractivity contribution in [2.75, 3.05) is 11.9 Å². The Balaban J connectivity index is 3.12. The summed E-state index contributed by atoms with van der Waals surface area (Å²) < 4.78 is 1.52. The van der Waals surface area contributed by atoms with Crippen molar-refractivity contribution in [2.45, 2.75) is 46.1 Å². The Hall–Kier alpha value is -1.63. The molecule has 1 rings (SSSR count). The molecule has 0 aliphatic rings. The molecule has 0 radical (unpaired) electrons. The number of hydrogen-bond acceptors (Lipinski definition) is 5. The molecule has 0 amide bonds. The zero-order valence-electron chi connectivity index (χ0n) is 12.6. The van der Waals surface area contributed by atoms with Crippen molar-refractivity contribution >= 4 is 11.5 Å². The van der Waals surface area contributed by atoms with Crippen LogP contribution in [0.25, 0.3) is 0 Å². The van der Waals surface area contributed by atoms with Gasteiger partial charge in [-0.05, 0) is 18.8 Å². The molecule has 1 unspecified atom stereocenters. The Morgan fingerprint density at radius 3 is 2.60 bits per heavy atom. The van der Waals surface area contributed by atoms with Crippen LogP contribution >= 0.6 is 0 Å². The smallest absolute Gasteiger partial charge is 0.333 e. The van der Waals surface area contributed by atoms with E-state index in [4.69, 9.17) is 5.11 Å². The number of nitrogens with zero attached hydrogens (tertiary/aromatic N) is 3. The van der Waals surface area contributed by atoms with E-state index < -0.39 is 0 Å². The first-order chi connectivity index (χ1) is 9.42. The van der Waals surface area contributed by atoms with E-state index in [9.17, 15) is 10.1 Å². The van der Waals surface area contributed by atoms with Crippen LogP contribution in [0.15, 0.2) is 0 Å². The van der Waals surface area contributed by atoms with Crippen molar-refractivity contribution in [3.05, 3.63) is 15.8 Å². The summed E-state index contributed by atoms with van der Waals surface area (Å²) in [5, 5.41) is 27.8. The molecule has 1 atom stereocenters. The van der Waals surface area contributed by atoms with Crippen molar-refractivity contribution in [1.82, 2.24) is 9.78 Å². The van der Waals surface area contributed by atoms with Gasteiger partial charge in [-0.15, -0.1) is 0 Å². The summed E-state index contributed by atoms with van der Waals surface area (Å²) >= 11 is 0. The molecule has 7 nitrogen and oxygen atoms in total. The molecule has 0 spiro atoms. The number of rotatable bonds is 8. The second kappa shape index (κ2) is 7.23. The number of hydrogen-bond donors (Lipinski definition) is 2. The van der Waals surface area contributed by atoms with E-state index in [0.717, 1.165) is 6.42 Å². The first kappa shape index (κ1) is 16.4. The van der Waals surface area contributed by atoms with Crippen molar-refractivity contribution < 1.29 is 10.0 Å². The number of aliphatic hydroxyl groups excluding tert-OH is 1. The molecule has 0 bridgehead atoms. The van der Waals surface area contributed by atoms with Gasteiger partial charge in [-0.1, -0.05) is 27.2 Å². The van der Waals surface area contributed by atoms with Crippen LogP contribution in [-0.4, -0.2) is 32.5 Å². The van der Waals surface area contributed by atoms with E-state index in [1.807, 2.05) is 20.8 Å². The highest BCUT2D eigenvalue weighted by molar-refractivity contribution is 5.60. The van der Waals surface area contributed by atoms with Crippen LogP contribution in [0.4, 0.5) is 11.5 Å². The van der Waals surface area contributed by atoms with E-state index in [-0.39, 0.29) is 29.2 Å². The predicted molar refractivity (Wildman–Crippen MR) is 77.8 cm³/mol. The first-order valence-electron chi connectivity index (χ1n) is 7.00. The Kier molecular flexibility index (Phi) is 5.94. The maximum absolute atomic E-state index is 11.3. The number of aryl methyl sites for hydroxylation is 2. The van der Waals surface area contributed by atoms with Crippen molar-refractivity contribution in [3.63, 3.8) is 0 Å². The highest BCUT2D eigenvalue weighted by Crippen LogP contribution is 2.30. The molecule has 7 heteroatoms. The van der Waals surface area contributed by atoms with Crippen LogP contribution < -0.4 is 5.32 Å². The maximum Gasteiger partial charge on any atom is 0.333 e. The second-order valence-electron chi connectivity index (χ2n) is 5.28. The third-order valence-electron chi connectivity index (χ3n) is 3.33. The Bertz CT molecular complexity index is 457. The monoisotopic (exact) mass is 284 g/mol. The van der Waals surface area contributed by atoms with E-state index >= 15 is 0 Å². The second-order valence-corrected chi connectivity index (χ2v) is 5.28. The maximum atomic E-state index is 11.3. The summed E-state index contributed by atoms with van der Waals surface area (Å²) in [5.41, 5.74) is 0.562. The fraction of sp³-hybridized carbons (Fsp3) is 0.769. The number of aliphatic hydroxyl groups is 1. The van der Waals surface area contributed by atoms with E-state index in [1.165, 1.54) is 4.68 Å². The van der Waals surface area contributed by atoms with Crippen LogP contribution in [0.3, 0.4) is 0 Å². The van der Waals surface area contributed by atoms with Gasteiger partial charge in [-0.2, -0.15) is 5.10 Å². The molecular weight excluding hydrogens is 260 g/mol. The van der Waals surface area contributed by atoms with Gasteiger partial charge in [0.25, 0.3) is 0 Å². The Morgan fingerprint density at radius 1 is 1.50 bits per heavy atom. The molecule has 2 N–H and O–H groups in total. The number of nitrogens with one attached hydrogen (secondary N) is 1. The van der Waals surface area contributed by atoms with Gasteiger partial charge in [0.1, 0.15) is 5.69 Å². The van der Waals surface area contributed by atoms with Crippen molar-refractivity contribution in [2.24, 2.45) is 13.0 Å². The predicted octanol–water partition coefficient (Wildman–Crippen LogP) is 2.10. The van der Waals surface area contributed by atoms with Crippen LogP contribution in [-0.2, 0) is 13.5 Å². The van der Waals surface area contributed by atoms with Crippen LogP contribution in [0.1, 0.15) is 39.3 Å². The average molecular weight is 284 g/mol. The summed E-state index contributed by atoms with van der Waals surface area (Å²) in [7, 11) is 1.70. The quantitative estimate of drug-likeness (QED) is 0.563. The van der Waals surface area contributed by atoms with Gasteiger partial charge in [0.15, 0.2) is 0 Å². The Labute approximate surface area is 119 Å². The molecule has 0 fully saturated rings. The Morgan fingerprint density at radius 2 is 2.15 bits per heavy atom. The van der Waals surface area contributed by atoms with Gasteiger partial charge in [-0.25, -0.2) is 4.68 Å². The molecule has 0 aliphatic carbocycles. The lowest BCUT2D eigenvalue weighted by molar-refractivity contribution is -0.384. The van der Waals surface area contributed by atoms with Gasteiger partial charge in [-0.3, -0.25) is 10.1 Å². The molecule has 1 heterocycles. The van der Waals surface area contributed by atoms with Gasteiger partial charge < -0.3 is 10.4 Å². The fourth-order valence-electron chi connectivity index (χ4n) is 2.21. The highest BCUT2D eigenvalue weighted by Gasteiger charge is 2.28. The molecule has 1 aromatic rings. The number of nitro groups is 1. The minimum absolute atomic E-state index is 0.0245. The lowest BCUT2D eigenvalue weighted by atomic mass is 10.0. The van der Waals surface area contributed by atoms with Crippen LogP contribution in [0.5, 0.6) is 0 Å². The molecule has 0 aromatic carbocycles. The zero-order valence-corrected chi connectivity index (χ0v) is 12.6. The van der Waals surface area contributed by atoms with Gasteiger partial charge in [0, 0.05) is 19.7 Å².